The van der Waals surface area contributed by atoms with Gasteiger partial charge in [-0.2, -0.15) is 0 Å². The van der Waals surface area contributed by atoms with E-state index < -0.39 is 0 Å². The Morgan fingerprint density at radius 2 is 1.96 bits per heavy atom. The highest BCUT2D eigenvalue weighted by atomic mass is 16.5. The van der Waals surface area contributed by atoms with Crippen molar-refractivity contribution in [1.29, 1.82) is 0 Å². The first kappa shape index (κ1) is 16.8. The fourth-order valence-electron chi connectivity index (χ4n) is 3.13. The van der Waals surface area contributed by atoms with Gasteiger partial charge >= 0.3 is 0 Å². The molecule has 1 saturated heterocycles. The van der Waals surface area contributed by atoms with Crippen LogP contribution in [0.1, 0.15) is 50.6 Å². The highest BCUT2D eigenvalue weighted by Crippen LogP contribution is 2.32. The summed E-state index contributed by atoms with van der Waals surface area (Å²) in [5.41, 5.74) is 0.947. The summed E-state index contributed by atoms with van der Waals surface area (Å²) in [5.74, 6) is 1.04. The van der Waals surface area contributed by atoms with Gasteiger partial charge in [0.25, 0.3) is 5.91 Å². The van der Waals surface area contributed by atoms with Crippen molar-refractivity contribution >= 4 is 11.8 Å². The van der Waals surface area contributed by atoms with Gasteiger partial charge in [-0.05, 0) is 38.2 Å². The maximum atomic E-state index is 12.2. The summed E-state index contributed by atoms with van der Waals surface area (Å²) in [6.45, 7) is 3.77. The lowest BCUT2D eigenvalue weighted by Crippen LogP contribution is -2.33. The van der Waals surface area contributed by atoms with Crippen LogP contribution in [-0.4, -0.2) is 36.4 Å². The lowest BCUT2D eigenvalue weighted by Gasteiger charge is -2.21. The van der Waals surface area contributed by atoms with Gasteiger partial charge in [-0.3, -0.25) is 9.59 Å². The maximum absolute atomic E-state index is 12.2. The van der Waals surface area contributed by atoms with Crippen LogP contribution in [0.2, 0.25) is 0 Å². The molecule has 1 aliphatic heterocycles. The number of carbonyl (C=O) groups excluding carboxylic acids is 2. The third kappa shape index (κ3) is 4.08. The molecule has 0 unspecified atom stereocenters. The number of carbonyl (C=O) groups is 2. The van der Waals surface area contributed by atoms with Crippen LogP contribution in [0.15, 0.2) is 24.3 Å². The molecule has 5 nitrogen and oxygen atoms in total. The Bertz CT molecular complexity index is 592. The topological polar surface area (TPSA) is 58.6 Å². The number of benzene rings is 1. The van der Waals surface area contributed by atoms with E-state index in [1.165, 1.54) is 0 Å². The number of rotatable bonds is 7. The van der Waals surface area contributed by atoms with Crippen LogP contribution in [-0.2, 0) is 9.59 Å². The first-order valence-corrected chi connectivity index (χ1v) is 8.99. The fraction of sp³-hybridized carbons (Fsp3) is 0.579. The molecule has 24 heavy (non-hydrogen) atoms. The summed E-state index contributed by atoms with van der Waals surface area (Å²) in [4.78, 5) is 26.1. The molecule has 1 N–H and O–H groups in total. The monoisotopic (exact) mass is 330 g/mol. The first-order chi connectivity index (χ1) is 11.7. The Hall–Kier alpha value is -2.04. The van der Waals surface area contributed by atoms with Gasteiger partial charge in [-0.1, -0.05) is 25.1 Å². The second-order valence-electron chi connectivity index (χ2n) is 6.66. The van der Waals surface area contributed by atoms with Crippen LogP contribution >= 0.6 is 0 Å². The van der Waals surface area contributed by atoms with E-state index in [1.807, 2.05) is 36.1 Å². The number of ether oxygens (including phenoxy) is 1. The van der Waals surface area contributed by atoms with E-state index in [9.17, 15) is 9.59 Å². The van der Waals surface area contributed by atoms with E-state index in [0.29, 0.717) is 5.75 Å². The summed E-state index contributed by atoms with van der Waals surface area (Å²) < 4.78 is 5.81. The first-order valence-electron chi connectivity index (χ1n) is 8.99. The van der Waals surface area contributed by atoms with Crippen molar-refractivity contribution in [3.63, 3.8) is 0 Å². The minimum absolute atomic E-state index is 0.0392. The summed E-state index contributed by atoms with van der Waals surface area (Å²) in [6.07, 6.45) is 4.93. The highest BCUT2D eigenvalue weighted by molar-refractivity contribution is 5.81. The van der Waals surface area contributed by atoms with Gasteiger partial charge in [-0.15, -0.1) is 0 Å². The zero-order chi connectivity index (χ0) is 16.9. The van der Waals surface area contributed by atoms with Gasteiger partial charge in [-0.25, -0.2) is 0 Å². The second kappa shape index (κ2) is 7.69. The standard InChI is InChI=1S/C19H26N2O3/c1-2-16(20-19(23)14-9-10-14)15-7-3-4-8-17(15)24-13-18(22)21-11-5-6-12-21/h3-4,7-8,14,16H,2,5-6,9-13H2,1H3,(H,20,23)/t16-/m0/s1. The molecular formula is C19H26N2O3. The quantitative estimate of drug-likeness (QED) is 0.836. The number of likely N-dealkylation sites (tertiary alicyclic amines) is 1. The molecule has 0 spiro atoms. The molecule has 1 heterocycles. The number of nitrogens with zero attached hydrogens (tertiary/aromatic N) is 1. The Labute approximate surface area is 143 Å². The van der Waals surface area contributed by atoms with Crippen molar-refractivity contribution in [2.45, 2.75) is 45.1 Å². The average molecular weight is 330 g/mol. The molecule has 1 aliphatic carbocycles. The molecule has 0 radical (unpaired) electrons. The molecule has 1 aromatic carbocycles. The van der Waals surface area contributed by atoms with E-state index in [4.69, 9.17) is 4.74 Å². The largest absolute Gasteiger partial charge is 0.483 e. The van der Waals surface area contributed by atoms with Crippen LogP contribution < -0.4 is 10.1 Å². The summed E-state index contributed by atoms with van der Waals surface area (Å²) in [6, 6.07) is 7.61. The highest BCUT2D eigenvalue weighted by Gasteiger charge is 2.31. The van der Waals surface area contributed by atoms with Crippen molar-refractivity contribution in [2.75, 3.05) is 19.7 Å². The van der Waals surface area contributed by atoms with Crippen molar-refractivity contribution in [3.8, 4) is 5.75 Å². The van der Waals surface area contributed by atoms with Gasteiger partial charge in [0.2, 0.25) is 5.91 Å². The number of hydrogen-bond donors (Lipinski definition) is 1. The van der Waals surface area contributed by atoms with Crippen LogP contribution in [0.5, 0.6) is 5.75 Å². The van der Waals surface area contributed by atoms with Crippen molar-refractivity contribution in [3.05, 3.63) is 29.8 Å². The van der Waals surface area contributed by atoms with Crippen LogP contribution in [0.4, 0.5) is 0 Å². The number of hydrogen-bond acceptors (Lipinski definition) is 3. The molecule has 5 heteroatoms. The summed E-state index contributed by atoms with van der Waals surface area (Å²) in [7, 11) is 0. The van der Waals surface area contributed by atoms with E-state index in [-0.39, 0.29) is 30.4 Å². The van der Waals surface area contributed by atoms with E-state index in [0.717, 1.165) is 50.8 Å². The van der Waals surface area contributed by atoms with Crippen LogP contribution in [0.3, 0.4) is 0 Å². The SMILES string of the molecule is CC[C@H](NC(=O)C1CC1)c1ccccc1OCC(=O)N1CCCC1. The lowest BCUT2D eigenvalue weighted by molar-refractivity contribution is -0.132. The van der Waals surface area contributed by atoms with Gasteiger partial charge in [0.05, 0.1) is 6.04 Å². The number of amides is 2. The van der Waals surface area contributed by atoms with Crippen LogP contribution in [0, 0.1) is 5.92 Å². The van der Waals surface area contributed by atoms with Gasteiger partial charge < -0.3 is 15.0 Å². The van der Waals surface area contributed by atoms with Gasteiger partial charge in [0.1, 0.15) is 5.75 Å². The molecule has 3 rings (SSSR count). The molecular weight excluding hydrogens is 304 g/mol. The van der Waals surface area contributed by atoms with Crippen molar-refractivity contribution in [2.24, 2.45) is 5.92 Å². The minimum Gasteiger partial charge on any atom is -0.483 e. The number of nitrogens with one attached hydrogen (secondary N) is 1. The zero-order valence-corrected chi connectivity index (χ0v) is 14.3. The Kier molecular flexibility index (Phi) is 5.38. The van der Waals surface area contributed by atoms with Gasteiger partial charge in [0.15, 0.2) is 6.61 Å². The molecule has 1 aromatic rings. The van der Waals surface area contributed by atoms with E-state index in [1.54, 1.807) is 0 Å². The van der Waals surface area contributed by atoms with Gasteiger partial charge in [0, 0.05) is 24.6 Å². The predicted molar refractivity (Wildman–Crippen MR) is 91.6 cm³/mol. The molecule has 1 atom stereocenters. The van der Waals surface area contributed by atoms with Crippen molar-refractivity contribution < 1.29 is 14.3 Å². The molecule has 2 fully saturated rings. The predicted octanol–water partition coefficient (Wildman–Crippen LogP) is 2.67. The smallest absolute Gasteiger partial charge is 0.260 e. The maximum Gasteiger partial charge on any atom is 0.260 e. The molecule has 2 aliphatic rings. The Balaban J connectivity index is 1.64. The normalized spacial score (nSPS) is 18.3. The second-order valence-corrected chi connectivity index (χ2v) is 6.66. The summed E-state index contributed by atoms with van der Waals surface area (Å²) >= 11 is 0. The Morgan fingerprint density at radius 1 is 1.25 bits per heavy atom. The molecule has 0 aromatic heterocycles. The van der Waals surface area contributed by atoms with E-state index in [2.05, 4.69) is 5.32 Å². The van der Waals surface area contributed by atoms with Crippen LogP contribution in [0.25, 0.3) is 0 Å². The Morgan fingerprint density at radius 3 is 2.62 bits per heavy atom. The lowest BCUT2D eigenvalue weighted by atomic mass is 10.0. The van der Waals surface area contributed by atoms with Crippen molar-refractivity contribution in [1.82, 2.24) is 10.2 Å². The molecule has 2 amide bonds. The van der Waals surface area contributed by atoms with E-state index >= 15 is 0 Å². The third-order valence-corrected chi connectivity index (χ3v) is 4.78. The fourth-order valence-corrected chi connectivity index (χ4v) is 3.13. The summed E-state index contributed by atoms with van der Waals surface area (Å²) in [5, 5.41) is 3.11. The zero-order valence-electron chi connectivity index (χ0n) is 14.3. The molecule has 1 saturated carbocycles. The average Bonchev–Trinajstić information content (AvgIpc) is 3.32. The number of para-hydroxylation sites is 1. The molecule has 0 bridgehead atoms. The third-order valence-electron chi connectivity index (χ3n) is 4.78. The molecule has 130 valence electrons. The minimum atomic E-state index is -0.0730.